The van der Waals surface area contributed by atoms with Gasteiger partial charge in [-0.2, -0.15) is 0 Å². The molecule has 1 amide bonds. The summed E-state index contributed by atoms with van der Waals surface area (Å²) in [5.41, 5.74) is 7.18. The van der Waals surface area contributed by atoms with Gasteiger partial charge in [0.2, 0.25) is 0 Å². The SMILES string of the molecule is Cc1nc2ccc(-c3ccc4c(c3)CN(C(=O)c3ccc5nccnc5c3)CCO4)cc2[nH]1. The van der Waals surface area contributed by atoms with Gasteiger partial charge in [0.25, 0.3) is 5.91 Å². The van der Waals surface area contributed by atoms with E-state index >= 15 is 0 Å². The van der Waals surface area contributed by atoms with E-state index in [1.807, 2.05) is 36.1 Å². The lowest BCUT2D eigenvalue weighted by molar-refractivity contribution is 0.0733. The Morgan fingerprint density at radius 3 is 2.64 bits per heavy atom. The van der Waals surface area contributed by atoms with Crippen molar-refractivity contribution in [3.63, 3.8) is 0 Å². The zero-order valence-corrected chi connectivity index (χ0v) is 18.1. The zero-order chi connectivity index (χ0) is 22.4. The molecule has 0 bridgehead atoms. The molecule has 33 heavy (non-hydrogen) atoms. The number of aromatic amines is 1. The van der Waals surface area contributed by atoms with Gasteiger partial charge in [0.15, 0.2) is 0 Å². The number of aromatic nitrogens is 4. The predicted octanol–water partition coefficient (Wildman–Crippen LogP) is 4.52. The summed E-state index contributed by atoms with van der Waals surface area (Å²) in [6.45, 7) is 3.39. The highest BCUT2D eigenvalue weighted by Gasteiger charge is 2.22. The van der Waals surface area contributed by atoms with Gasteiger partial charge >= 0.3 is 0 Å². The maximum atomic E-state index is 13.3. The summed E-state index contributed by atoms with van der Waals surface area (Å²) in [7, 11) is 0. The summed E-state index contributed by atoms with van der Waals surface area (Å²) >= 11 is 0. The number of nitrogens with one attached hydrogen (secondary N) is 1. The fourth-order valence-corrected chi connectivity index (χ4v) is 4.34. The lowest BCUT2D eigenvalue weighted by atomic mass is 10.0. The van der Waals surface area contributed by atoms with E-state index in [0.717, 1.165) is 44.8 Å². The molecule has 7 nitrogen and oxygen atoms in total. The van der Waals surface area contributed by atoms with Crippen LogP contribution >= 0.6 is 0 Å². The molecule has 162 valence electrons. The highest BCUT2D eigenvalue weighted by Crippen LogP contribution is 2.31. The van der Waals surface area contributed by atoms with Gasteiger partial charge in [-0.15, -0.1) is 0 Å². The molecule has 3 heterocycles. The number of H-pyrrole nitrogens is 1. The van der Waals surface area contributed by atoms with Crippen LogP contribution in [0.2, 0.25) is 0 Å². The standard InChI is InChI=1S/C26H21N5O2/c1-16-29-22-6-2-18(13-24(22)30-16)17-4-7-25-20(12-17)15-31(10-11-33-25)26(32)19-3-5-21-23(14-19)28-9-8-27-21/h2-9,12-14H,10-11,15H2,1H3,(H,29,30). The van der Waals surface area contributed by atoms with Gasteiger partial charge in [-0.25, -0.2) is 4.98 Å². The Morgan fingerprint density at radius 2 is 1.73 bits per heavy atom. The van der Waals surface area contributed by atoms with Crippen molar-refractivity contribution in [2.45, 2.75) is 13.5 Å². The number of carbonyl (C=O) groups is 1. The Bertz CT molecular complexity index is 1520. The fourth-order valence-electron chi connectivity index (χ4n) is 4.34. The Balaban J connectivity index is 1.32. The first-order valence-corrected chi connectivity index (χ1v) is 10.9. The summed E-state index contributed by atoms with van der Waals surface area (Å²) in [4.78, 5) is 31.5. The zero-order valence-electron chi connectivity index (χ0n) is 18.1. The van der Waals surface area contributed by atoms with E-state index in [2.05, 4.69) is 44.2 Å². The molecule has 0 spiro atoms. The molecule has 5 aromatic rings. The molecule has 1 aliphatic rings. The van der Waals surface area contributed by atoms with Crippen molar-refractivity contribution in [3.8, 4) is 16.9 Å². The van der Waals surface area contributed by atoms with Gasteiger partial charge in [0.05, 0.1) is 28.6 Å². The van der Waals surface area contributed by atoms with Crippen LogP contribution in [-0.2, 0) is 6.54 Å². The van der Waals surface area contributed by atoms with Crippen LogP contribution in [-0.4, -0.2) is 43.9 Å². The van der Waals surface area contributed by atoms with Crippen molar-refractivity contribution in [2.75, 3.05) is 13.2 Å². The van der Waals surface area contributed by atoms with Crippen LogP contribution in [0.15, 0.2) is 67.0 Å². The van der Waals surface area contributed by atoms with Gasteiger partial charge in [-0.3, -0.25) is 14.8 Å². The highest BCUT2D eigenvalue weighted by molar-refractivity contribution is 5.97. The molecule has 3 aromatic carbocycles. The molecule has 0 radical (unpaired) electrons. The van der Waals surface area contributed by atoms with E-state index in [9.17, 15) is 4.79 Å². The topological polar surface area (TPSA) is 84.0 Å². The number of carbonyl (C=O) groups excluding carboxylic acids is 1. The second-order valence-corrected chi connectivity index (χ2v) is 8.21. The van der Waals surface area contributed by atoms with Crippen LogP contribution in [0.1, 0.15) is 21.7 Å². The quantitative estimate of drug-likeness (QED) is 0.441. The van der Waals surface area contributed by atoms with Crippen molar-refractivity contribution >= 4 is 28.0 Å². The molecule has 0 saturated heterocycles. The molecule has 1 aliphatic heterocycles. The van der Waals surface area contributed by atoms with Gasteiger partial charge < -0.3 is 14.6 Å². The summed E-state index contributed by atoms with van der Waals surface area (Å²) in [5, 5.41) is 0. The third-order valence-electron chi connectivity index (χ3n) is 5.98. The molecule has 0 aliphatic carbocycles. The highest BCUT2D eigenvalue weighted by atomic mass is 16.5. The molecule has 2 aromatic heterocycles. The Labute approximate surface area is 190 Å². The number of fused-ring (bicyclic) bond motifs is 3. The van der Waals surface area contributed by atoms with E-state index < -0.39 is 0 Å². The second-order valence-electron chi connectivity index (χ2n) is 8.21. The molecule has 0 atom stereocenters. The van der Waals surface area contributed by atoms with Crippen LogP contribution in [0.5, 0.6) is 5.75 Å². The van der Waals surface area contributed by atoms with E-state index in [0.29, 0.717) is 30.8 Å². The Kier molecular flexibility index (Phi) is 4.54. The van der Waals surface area contributed by atoms with E-state index in [4.69, 9.17) is 4.74 Å². The minimum atomic E-state index is -0.0428. The molecule has 7 heteroatoms. The van der Waals surface area contributed by atoms with Gasteiger partial charge in [0.1, 0.15) is 18.2 Å². The number of ether oxygens (including phenoxy) is 1. The van der Waals surface area contributed by atoms with Crippen molar-refractivity contribution in [1.82, 2.24) is 24.8 Å². The summed E-state index contributed by atoms with van der Waals surface area (Å²) < 4.78 is 5.97. The van der Waals surface area contributed by atoms with Crippen LogP contribution in [0.25, 0.3) is 33.2 Å². The monoisotopic (exact) mass is 435 g/mol. The minimum Gasteiger partial charge on any atom is -0.491 e. The molecular formula is C26H21N5O2. The first-order chi connectivity index (χ1) is 16.1. The summed E-state index contributed by atoms with van der Waals surface area (Å²) in [5.74, 6) is 1.67. The second kappa shape index (κ2) is 7.70. The number of aryl methyl sites for hydroxylation is 1. The maximum Gasteiger partial charge on any atom is 0.254 e. The number of hydrogen-bond donors (Lipinski definition) is 1. The van der Waals surface area contributed by atoms with Crippen molar-refractivity contribution in [3.05, 3.63) is 83.9 Å². The molecule has 0 fully saturated rings. The minimum absolute atomic E-state index is 0.0428. The van der Waals surface area contributed by atoms with Crippen LogP contribution < -0.4 is 4.74 Å². The number of imidazole rings is 1. The van der Waals surface area contributed by atoms with Crippen LogP contribution in [0.4, 0.5) is 0 Å². The first-order valence-electron chi connectivity index (χ1n) is 10.9. The van der Waals surface area contributed by atoms with Crippen LogP contribution in [0, 0.1) is 6.92 Å². The summed E-state index contributed by atoms with van der Waals surface area (Å²) in [6.07, 6.45) is 3.28. The Hall–Kier alpha value is -4.26. The molecular weight excluding hydrogens is 414 g/mol. The van der Waals surface area contributed by atoms with Gasteiger partial charge in [-0.05, 0) is 60.5 Å². The van der Waals surface area contributed by atoms with Crippen molar-refractivity contribution in [2.24, 2.45) is 0 Å². The third kappa shape index (κ3) is 3.57. The average Bonchev–Trinajstić information content (AvgIpc) is 3.08. The molecule has 0 saturated carbocycles. The van der Waals surface area contributed by atoms with Crippen molar-refractivity contribution in [1.29, 1.82) is 0 Å². The number of nitrogens with zero attached hydrogens (tertiary/aromatic N) is 4. The largest absolute Gasteiger partial charge is 0.491 e. The van der Waals surface area contributed by atoms with Gasteiger partial charge in [-0.1, -0.05) is 12.1 Å². The fraction of sp³-hybridized carbons (Fsp3) is 0.154. The van der Waals surface area contributed by atoms with Gasteiger partial charge in [0, 0.05) is 30.1 Å². The normalized spacial score (nSPS) is 13.5. The molecule has 6 rings (SSSR count). The first kappa shape index (κ1) is 19.4. The maximum absolute atomic E-state index is 13.3. The molecule has 0 unspecified atom stereocenters. The lowest BCUT2D eigenvalue weighted by Crippen LogP contribution is -2.32. The van der Waals surface area contributed by atoms with Crippen LogP contribution in [0.3, 0.4) is 0 Å². The van der Waals surface area contributed by atoms with E-state index in [-0.39, 0.29) is 5.91 Å². The predicted molar refractivity (Wildman–Crippen MR) is 126 cm³/mol. The van der Waals surface area contributed by atoms with Crippen molar-refractivity contribution < 1.29 is 9.53 Å². The van der Waals surface area contributed by atoms with E-state index in [1.165, 1.54) is 0 Å². The smallest absolute Gasteiger partial charge is 0.254 e. The average molecular weight is 435 g/mol. The number of rotatable bonds is 2. The lowest BCUT2D eigenvalue weighted by Gasteiger charge is -2.20. The summed E-state index contributed by atoms with van der Waals surface area (Å²) in [6, 6.07) is 17.8. The molecule has 1 N–H and O–H groups in total. The number of amides is 1. The third-order valence-corrected chi connectivity index (χ3v) is 5.98. The number of hydrogen-bond acceptors (Lipinski definition) is 5. The van der Waals surface area contributed by atoms with E-state index in [1.54, 1.807) is 18.5 Å². The Morgan fingerprint density at radius 1 is 0.939 bits per heavy atom. The number of benzene rings is 3.